The van der Waals surface area contributed by atoms with Crippen molar-refractivity contribution in [2.75, 3.05) is 6.54 Å². The van der Waals surface area contributed by atoms with Gasteiger partial charge in [-0.15, -0.1) is 0 Å². The molecule has 2 rings (SSSR count). The van der Waals surface area contributed by atoms with Crippen LogP contribution in [0.3, 0.4) is 0 Å². The lowest BCUT2D eigenvalue weighted by Crippen LogP contribution is -2.28. The van der Waals surface area contributed by atoms with Crippen LogP contribution >= 0.6 is 0 Å². The largest absolute Gasteiger partial charge is 0.534 e. The Bertz CT molecular complexity index is 596. The number of rotatable bonds is 2. The third-order valence-corrected chi connectivity index (χ3v) is 3.13. The lowest BCUT2D eigenvalue weighted by Gasteiger charge is -2.12. The van der Waals surface area contributed by atoms with Crippen LogP contribution < -0.4 is 4.18 Å². The lowest BCUT2D eigenvalue weighted by atomic mass is 10.1. The molecule has 9 heteroatoms. The summed E-state index contributed by atoms with van der Waals surface area (Å²) in [7, 11) is -5.67. The van der Waals surface area contributed by atoms with E-state index in [-0.39, 0.29) is 0 Å². The molecule has 5 nitrogen and oxygen atoms in total. The molecule has 0 aliphatic carbocycles. The standard InChI is InChI=1S/C9H7F3N2O3S/c10-9(11,12)18(15,16)17-8-2-1-6-5-13-4-3-7(6)14-8/h1-2,5H,3-4H2. The third-order valence-electron chi connectivity index (χ3n) is 2.17. The fourth-order valence-electron chi connectivity index (χ4n) is 1.35. The number of hydrogen-bond donors (Lipinski definition) is 0. The maximum absolute atomic E-state index is 12.1. The monoisotopic (exact) mass is 280 g/mol. The number of pyridine rings is 1. The van der Waals surface area contributed by atoms with Gasteiger partial charge in [0.2, 0.25) is 5.88 Å². The normalized spacial score (nSPS) is 15.3. The van der Waals surface area contributed by atoms with Crippen LogP contribution in [-0.2, 0) is 16.5 Å². The molecule has 98 valence electrons. The second-order valence-electron chi connectivity index (χ2n) is 3.45. The van der Waals surface area contributed by atoms with Crippen molar-refractivity contribution < 1.29 is 25.8 Å². The maximum Gasteiger partial charge on any atom is 0.534 e. The highest BCUT2D eigenvalue weighted by atomic mass is 32.2. The fraction of sp³-hybridized carbons (Fsp3) is 0.333. The zero-order valence-electron chi connectivity index (χ0n) is 8.81. The molecule has 0 N–H and O–H groups in total. The molecule has 2 heterocycles. The van der Waals surface area contributed by atoms with Gasteiger partial charge in [-0.3, -0.25) is 4.99 Å². The summed E-state index contributed by atoms with van der Waals surface area (Å²) in [5, 5.41) is 0. The van der Waals surface area contributed by atoms with E-state index in [4.69, 9.17) is 0 Å². The van der Waals surface area contributed by atoms with Gasteiger partial charge in [0.25, 0.3) is 0 Å². The van der Waals surface area contributed by atoms with Gasteiger partial charge in [0.15, 0.2) is 0 Å². The van der Waals surface area contributed by atoms with Crippen molar-refractivity contribution in [2.45, 2.75) is 11.9 Å². The van der Waals surface area contributed by atoms with E-state index in [2.05, 4.69) is 14.2 Å². The van der Waals surface area contributed by atoms with Gasteiger partial charge in [0.05, 0.1) is 5.69 Å². The summed E-state index contributed by atoms with van der Waals surface area (Å²) in [6.45, 7) is 0.454. The Morgan fingerprint density at radius 2 is 2.00 bits per heavy atom. The Morgan fingerprint density at radius 3 is 2.67 bits per heavy atom. The molecular weight excluding hydrogens is 273 g/mol. The molecule has 0 aromatic carbocycles. The first-order valence-electron chi connectivity index (χ1n) is 4.80. The predicted molar refractivity (Wildman–Crippen MR) is 56.0 cm³/mol. The van der Waals surface area contributed by atoms with Crippen molar-refractivity contribution in [3.63, 3.8) is 0 Å². The minimum absolute atomic E-state index is 0.426. The average Bonchev–Trinajstić information content (AvgIpc) is 2.27. The highest BCUT2D eigenvalue weighted by Crippen LogP contribution is 2.26. The number of nitrogens with zero attached hydrogens (tertiary/aromatic N) is 2. The molecule has 0 atom stereocenters. The Hall–Kier alpha value is -1.64. The van der Waals surface area contributed by atoms with Crippen molar-refractivity contribution in [3.05, 3.63) is 23.4 Å². The summed E-state index contributed by atoms with van der Waals surface area (Å²) >= 11 is 0. The summed E-state index contributed by atoms with van der Waals surface area (Å²) in [4.78, 5) is 7.68. The van der Waals surface area contributed by atoms with Crippen molar-refractivity contribution >= 4 is 16.3 Å². The highest BCUT2D eigenvalue weighted by molar-refractivity contribution is 7.87. The summed E-state index contributed by atoms with van der Waals surface area (Å²) in [5.41, 5.74) is -4.37. The van der Waals surface area contributed by atoms with E-state index in [1.54, 1.807) is 0 Å². The van der Waals surface area contributed by atoms with Crippen LogP contribution in [0.15, 0.2) is 17.1 Å². The predicted octanol–water partition coefficient (Wildman–Crippen LogP) is 1.29. The van der Waals surface area contributed by atoms with Gasteiger partial charge in [-0.05, 0) is 6.07 Å². The number of halogens is 3. The molecule has 0 amide bonds. The van der Waals surface area contributed by atoms with E-state index >= 15 is 0 Å². The van der Waals surface area contributed by atoms with E-state index < -0.39 is 21.5 Å². The van der Waals surface area contributed by atoms with Gasteiger partial charge in [0, 0.05) is 30.8 Å². The van der Waals surface area contributed by atoms with Gasteiger partial charge in [-0.2, -0.15) is 21.6 Å². The maximum atomic E-state index is 12.1. The van der Waals surface area contributed by atoms with Crippen molar-refractivity contribution in [1.82, 2.24) is 4.98 Å². The number of aromatic nitrogens is 1. The second kappa shape index (κ2) is 4.23. The van der Waals surface area contributed by atoms with E-state index in [1.165, 1.54) is 12.3 Å². The summed E-state index contributed by atoms with van der Waals surface area (Å²) in [5.74, 6) is -0.596. The zero-order chi connectivity index (χ0) is 13.4. The molecule has 1 aromatic heterocycles. The smallest absolute Gasteiger partial charge is 0.355 e. The molecule has 0 saturated carbocycles. The van der Waals surface area contributed by atoms with Crippen molar-refractivity contribution in [1.29, 1.82) is 0 Å². The van der Waals surface area contributed by atoms with E-state index in [1.807, 2.05) is 0 Å². The lowest BCUT2D eigenvalue weighted by molar-refractivity contribution is -0.0501. The Morgan fingerprint density at radius 1 is 1.28 bits per heavy atom. The van der Waals surface area contributed by atoms with E-state index in [0.29, 0.717) is 24.2 Å². The molecule has 0 saturated heterocycles. The molecule has 0 radical (unpaired) electrons. The average molecular weight is 280 g/mol. The number of fused-ring (bicyclic) bond motifs is 1. The number of alkyl halides is 3. The molecule has 18 heavy (non-hydrogen) atoms. The Labute approximate surface area is 100 Å². The van der Waals surface area contributed by atoms with Crippen LogP contribution in [0.5, 0.6) is 5.88 Å². The minimum Gasteiger partial charge on any atom is -0.355 e. The topological polar surface area (TPSA) is 68.6 Å². The van der Waals surface area contributed by atoms with Crippen LogP contribution in [0, 0.1) is 0 Å². The quantitative estimate of drug-likeness (QED) is 0.604. The number of aliphatic imine (C=N–C) groups is 1. The fourth-order valence-corrected chi connectivity index (χ4v) is 1.76. The molecule has 1 aliphatic heterocycles. The molecule has 1 aromatic rings. The molecular formula is C9H7F3N2O3S. The molecule has 0 unspecified atom stereocenters. The van der Waals surface area contributed by atoms with E-state index in [9.17, 15) is 21.6 Å². The van der Waals surface area contributed by atoms with Gasteiger partial charge in [0.1, 0.15) is 0 Å². The molecule has 0 fully saturated rings. The first-order chi connectivity index (χ1) is 8.29. The second-order valence-corrected chi connectivity index (χ2v) is 4.99. The molecule has 0 spiro atoms. The van der Waals surface area contributed by atoms with Crippen LogP contribution in [0.1, 0.15) is 11.3 Å². The minimum atomic E-state index is -5.67. The highest BCUT2D eigenvalue weighted by Gasteiger charge is 2.48. The van der Waals surface area contributed by atoms with Gasteiger partial charge in [-0.1, -0.05) is 0 Å². The van der Waals surface area contributed by atoms with Crippen LogP contribution in [0.4, 0.5) is 13.2 Å². The Kier molecular flexibility index (Phi) is 3.01. The summed E-state index contributed by atoms with van der Waals surface area (Å²) < 4.78 is 61.8. The first kappa shape index (κ1) is 12.8. The van der Waals surface area contributed by atoms with Crippen molar-refractivity contribution in [3.8, 4) is 5.88 Å². The zero-order valence-corrected chi connectivity index (χ0v) is 9.62. The Balaban J connectivity index is 2.29. The van der Waals surface area contributed by atoms with Gasteiger partial charge < -0.3 is 4.18 Å². The van der Waals surface area contributed by atoms with Gasteiger partial charge >= 0.3 is 15.6 Å². The molecule has 0 bridgehead atoms. The van der Waals surface area contributed by atoms with Crippen LogP contribution in [0.25, 0.3) is 0 Å². The van der Waals surface area contributed by atoms with Gasteiger partial charge in [-0.25, -0.2) is 4.98 Å². The van der Waals surface area contributed by atoms with Crippen LogP contribution in [0.2, 0.25) is 0 Å². The molecule has 1 aliphatic rings. The SMILES string of the molecule is O=S(=O)(Oc1ccc2c(n1)CCN=C2)C(F)(F)F. The third kappa shape index (κ3) is 2.45. The van der Waals surface area contributed by atoms with Crippen molar-refractivity contribution in [2.24, 2.45) is 4.99 Å². The van der Waals surface area contributed by atoms with Crippen LogP contribution in [-0.4, -0.2) is 31.7 Å². The summed E-state index contributed by atoms with van der Waals surface area (Å²) in [6, 6.07) is 2.46. The van der Waals surface area contributed by atoms with E-state index in [0.717, 1.165) is 6.07 Å². The summed E-state index contributed by atoms with van der Waals surface area (Å²) in [6.07, 6.45) is 1.95. The number of hydrogen-bond acceptors (Lipinski definition) is 5. The first-order valence-corrected chi connectivity index (χ1v) is 6.21.